The minimum atomic E-state index is -1.08. The van der Waals surface area contributed by atoms with Gasteiger partial charge >= 0.3 is 5.97 Å². The molecule has 0 saturated heterocycles. The Bertz CT molecular complexity index is 855. The molecule has 0 fully saturated rings. The van der Waals surface area contributed by atoms with E-state index in [4.69, 9.17) is 14.6 Å². The Labute approximate surface area is 177 Å². The molecule has 0 bridgehead atoms. The predicted molar refractivity (Wildman–Crippen MR) is 113 cm³/mol. The first-order chi connectivity index (χ1) is 12.4. The molecule has 2 rings (SSSR count). The maximum absolute atomic E-state index is 12.1. The third-order valence-electron chi connectivity index (χ3n) is 3.06. The first-order valence-electron chi connectivity index (χ1n) is 7.22. The number of hydrazone groups is 1. The van der Waals surface area contributed by atoms with Crippen LogP contribution < -0.4 is 14.9 Å². The molecule has 0 aliphatic rings. The number of halogens is 2. The second kappa shape index (κ2) is 9.71. The maximum atomic E-state index is 12.1. The zero-order valence-electron chi connectivity index (χ0n) is 13.5. The first kappa shape index (κ1) is 20.4. The van der Waals surface area contributed by atoms with Crippen LogP contribution in [0.2, 0.25) is 0 Å². The zero-order valence-corrected chi connectivity index (χ0v) is 17.8. The number of carboxylic acids is 1. The lowest BCUT2D eigenvalue weighted by Crippen LogP contribution is -2.17. The van der Waals surface area contributed by atoms with Crippen LogP contribution in [0.4, 0.5) is 0 Å². The summed E-state index contributed by atoms with van der Waals surface area (Å²) >= 11 is 4.14. The first-order valence-corrected chi connectivity index (χ1v) is 9.37. The van der Waals surface area contributed by atoms with Crippen LogP contribution in [0.15, 0.2) is 41.5 Å². The smallest absolute Gasteiger partial charge is 0.341 e. The molecule has 2 aromatic rings. The molecule has 2 aromatic carbocycles. The zero-order chi connectivity index (χ0) is 19.1. The third kappa shape index (κ3) is 5.83. The monoisotopic (exact) mass is 580 g/mol. The van der Waals surface area contributed by atoms with Gasteiger partial charge in [0.1, 0.15) is 0 Å². The summed E-state index contributed by atoms with van der Waals surface area (Å²) in [6.07, 6.45) is 1.47. The summed E-state index contributed by atoms with van der Waals surface area (Å²) < 4.78 is 12.1. The van der Waals surface area contributed by atoms with Crippen LogP contribution in [0.5, 0.6) is 11.5 Å². The molecule has 0 atom stereocenters. The molecule has 0 aliphatic carbocycles. The van der Waals surface area contributed by atoms with Gasteiger partial charge in [-0.1, -0.05) is 6.07 Å². The van der Waals surface area contributed by atoms with Gasteiger partial charge in [0.15, 0.2) is 18.1 Å². The number of hydrogen-bond donors (Lipinski definition) is 2. The van der Waals surface area contributed by atoms with Gasteiger partial charge < -0.3 is 14.6 Å². The minimum Gasteiger partial charge on any atom is -0.493 e. The van der Waals surface area contributed by atoms with Crippen LogP contribution in [0.25, 0.3) is 0 Å². The van der Waals surface area contributed by atoms with Crippen molar-refractivity contribution < 1.29 is 24.2 Å². The molecule has 7 nitrogen and oxygen atoms in total. The molecule has 136 valence electrons. The van der Waals surface area contributed by atoms with E-state index in [1.165, 1.54) is 13.3 Å². The highest BCUT2D eigenvalue weighted by Crippen LogP contribution is 2.33. The van der Waals surface area contributed by atoms with Crippen molar-refractivity contribution in [2.24, 2.45) is 5.10 Å². The number of amides is 1. The van der Waals surface area contributed by atoms with Crippen molar-refractivity contribution in [3.8, 4) is 11.5 Å². The van der Waals surface area contributed by atoms with E-state index in [0.717, 1.165) is 3.57 Å². The van der Waals surface area contributed by atoms with E-state index in [9.17, 15) is 9.59 Å². The van der Waals surface area contributed by atoms with E-state index < -0.39 is 12.6 Å². The number of aliphatic carboxylic acids is 1. The summed E-state index contributed by atoms with van der Waals surface area (Å²) in [6.45, 7) is -0.467. The van der Waals surface area contributed by atoms with Gasteiger partial charge in [0.05, 0.1) is 16.9 Å². The molecule has 1 amide bonds. The van der Waals surface area contributed by atoms with Crippen molar-refractivity contribution in [2.45, 2.75) is 0 Å². The van der Waals surface area contributed by atoms with Crippen LogP contribution >= 0.6 is 45.2 Å². The van der Waals surface area contributed by atoms with Crippen LogP contribution in [0, 0.1) is 7.14 Å². The SMILES string of the molecule is COc1cc(/C=N\NC(=O)c2cccc(I)c2)cc(I)c1OCC(=O)O. The fourth-order valence-electron chi connectivity index (χ4n) is 1.95. The van der Waals surface area contributed by atoms with Crippen LogP contribution in [-0.4, -0.2) is 36.9 Å². The lowest BCUT2D eigenvalue weighted by atomic mass is 10.2. The number of ether oxygens (including phenoxy) is 2. The van der Waals surface area contributed by atoms with Gasteiger partial charge in [-0.25, -0.2) is 10.2 Å². The number of carbonyl (C=O) groups excluding carboxylic acids is 1. The number of hydrogen-bond acceptors (Lipinski definition) is 5. The van der Waals surface area contributed by atoms with E-state index in [2.05, 4.69) is 33.1 Å². The van der Waals surface area contributed by atoms with Gasteiger partial charge in [-0.3, -0.25) is 4.79 Å². The van der Waals surface area contributed by atoms with E-state index >= 15 is 0 Å². The van der Waals surface area contributed by atoms with Crippen molar-refractivity contribution in [1.29, 1.82) is 0 Å². The predicted octanol–water partition coefficient (Wildman–Crippen LogP) is 3.13. The second-order valence-corrected chi connectivity index (χ2v) is 7.33. The van der Waals surface area contributed by atoms with E-state index in [1.54, 1.807) is 30.3 Å². The van der Waals surface area contributed by atoms with E-state index in [0.29, 0.717) is 26.2 Å². The Morgan fingerprint density at radius 3 is 2.69 bits per heavy atom. The molecule has 9 heteroatoms. The van der Waals surface area contributed by atoms with Gasteiger partial charge in [0.25, 0.3) is 5.91 Å². The minimum absolute atomic E-state index is 0.317. The van der Waals surface area contributed by atoms with Crippen LogP contribution in [0.3, 0.4) is 0 Å². The van der Waals surface area contributed by atoms with Crippen molar-refractivity contribution in [2.75, 3.05) is 13.7 Å². The van der Waals surface area contributed by atoms with Crippen LogP contribution in [0.1, 0.15) is 15.9 Å². The summed E-state index contributed by atoms with van der Waals surface area (Å²) in [5.74, 6) is -0.672. The normalized spacial score (nSPS) is 10.6. The van der Waals surface area contributed by atoms with E-state index in [-0.39, 0.29) is 5.91 Å². The summed E-state index contributed by atoms with van der Waals surface area (Å²) in [5.41, 5.74) is 3.64. The van der Waals surface area contributed by atoms with Crippen molar-refractivity contribution in [3.05, 3.63) is 54.7 Å². The largest absolute Gasteiger partial charge is 0.493 e. The fourth-order valence-corrected chi connectivity index (χ4v) is 3.27. The highest BCUT2D eigenvalue weighted by molar-refractivity contribution is 14.1. The molecule has 2 N–H and O–H groups in total. The van der Waals surface area contributed by atoms with Gasteiger partial charge in [-0.15, -0.1) is 0 Å². The summed E-state index contributed by atoms with van der Waals surface area (Å²) in [4.78, 5) is 22.7. The van der Waals surface area contributed by atoms with Crippen molar-refractivity contribution in [3.63, 3.8) is 0 Å². The maximum Gasteiger partial charge on any atom is 0.341 e. The molecule has 26 heavy (non-hydrogen) atoms. The average molecular weight is 580 g/mol. The summed E-state index contributed by atoms with van der Waals surface area (Å²) in [5, 5.41) is 12.7. The number of nitrogens with one attached hydrogen (secondary N) is 1. The van der Waals surface area contributed by atoms with Gasteiger partial charge in [0.2, 0.25) is 0 Å². The van der Waals surface area contributed by atoms with E-state index in [1.807, 2.05) is 28.7 Å². The molecule has 0 aromatic heterocycles. The topological polar surface area (TPSA) is 97.2 Å². The number of methoxy groups -OCH3 is 1. The quantitative estimate of drug-likeness (QED) is 0.298. The van der Waals surface area contributed by atoms with Crippen molar-refractivity contribution >= 4 is 63.3 Å². The molecule has 0 spiro atoms. The molecule has 0 radical (unpaired) electrons. The van der Waals surface area contributed by atoms with Crippen molar-refractivity contribution in [1.82, 2.24) is 5.43 Å². The molecule has 0 aliphatic heterocycles. The number of carbonyl (C=O) groups is 2. The second-order valence-electron chi connectivity index (χ2n) is 4.93. The highest BCUT2D eigenvalue weighted by Gasteiger charge is 2.12. The Morgan fingerprint density at radius 2 is 2.04 bits per heavy atom. The number of carboxylic acid groups (broad SMARTS) is 1. The molecule has 0 unspecified atom stereocenters. The third-order valence-corrected chi connectivity index (χ3v) is 4.53. The Kier molecular flexibility index (Phi) is 7.63. The molecule has 0 heterocycles. The summed E-state index contributed by atoms with van der Waals surface area (Å²) in [6, 6.07) is 10.5. The van der Waals surface area contributed by atoms with Gasteiger partial charge in [-0.2, -0.15) is 5.10 Å². The Hall–Kier alpha value is -1.89. The van der Waals surface area contributed by atoms with Crippen LogP contribution in [-0.2, 0) is 4.79 Å². The molecular weight excluding hydrogens is 566 g/mol. The number of rotatable bonds is 7. The highest BCUT2D eigenvalue weighted by atomic mass is 127. The standard InChI is InChI=1S/C17H14I2N2O5/c1-25-14-6-10(5-13(19)16(14)26-9-15(22)23)8-20-21-17(24)11-3-2-4-12(18)7-11/h2-8H,9H2,1H3,(H,21,24)(H,22,23)/b20-8-. The van der Waals surface area contributed by atoms with Gasteiger partial charge in [0, 0.05) is 9.13 Å². The number of benzene rings is 2. The number of nitrogens with zero attached hydrogens (tertiary/aromatic N) is 1. The summed E-state index contributed by atoms with van der Waals surface area (Å²) in [7, 11) is 1.46. The Morgan fingerprint density at radius 1 is 1.27 bits per heavy atom. The average Bonchev–Trinajstić information content (AvgIpc) is 2.60. The van der Waals surface area contributed by atoms with Gasteiger partial charge in [-0.05, 0) is 81.1 Å². The molecular formula is C17H14I2N2O5. The Balaban J connectivity index is 2.11. The molecule has 0 saturated carbocycles. The lowest BCUT2D eigenvalue weighted by molar-refractivity contribution is -0.139. The fraction of sp³-hybridized carbons (Fsp3) is 0.118. The lowest BCUT2D eigenvalue weighted by Gasteiger charge is -2.12.